The van der Waals surface area contributed by atoms with Gasteiger partial charge in [0, 0.05) is 43.6 Å². The van der Waals surface area contributed by atoms with Crippen LogP contribution in [-0.2, 0) is 0 Å². The molecule has 0 saturated heterocycles. The topological polar surface area (TPSA) is 40.7 Å². The number of benzene rings is 4. The molecular formula is C32H23N3S2. The Hall–Kier alpha value is -3.93. The quantitative estimate of drug-likeness (QED) is 0.243. The third-order valence-corrected chi connectivity index (χ3v) is 8.94. The van der Waals surface area contributed by atoms with Crippen LogP contribution < -0.4 is 5.32 Å². The van der Waals surface area contributed by atoms with Gasteiger partial charge in [0.2, 0.25) is 0 Å². The molecule has 0 atom stereocenters. The summed E-state index contributed by atoms with van der Waals surface area (Å²) in [5.41, 5.74) is 9.41. The van der Waals surface area contributed by atoms with Crippen molar-refractivity contribution in [3.8, 4) is 33.5 Å². The average Bonchev–Trinajstić information content (AvgIpc) is 3.50. The Morgan fingerprint density at radius 2 is 1.24 bits per heavy atom. The van der Waals surface area contributed by atoms with E-state index in [-0.39, 0.29) is 0 Å². The van der Waals surface area contributed by atoms with Gasteiger partial charge in [-0.1, -0.05) is 96.3 Å². The highest BCUT2D eigenvalue weighted by Gasteiger charge is 2.20. The number of aromatic amines is 1. The minimum atomic E-state index is 0.852. The van der Waals surface area contributed by atoms with E-state index in [0.29, 0.717) is 0 Å². The fourth-order valence-corrected chi connectivity index (χ4v) is 7.15. The number of dihydropyridines is 1. The second-order valence-electron chi connectivity index (χ2n) is 8.97. The third kappa shape index (κ3) is 4.20. The van der Waals surface area contributed by atoms with Gasteiger partial charge in [0.05, 0.1) is 5.69 Å². The minimum absolute atomic E-state index is 0.852. The molecule has 0 spiro atoms. The molecule has 1 aromatic heterocycles. The van der Waals surface area contributed by atoms with Gasteiger partial charge in [-0.2, -0.15) is 5.10 Å². The molecule has 7 rings (SSSR count). The molecule has 0 saturated carbocycles. The fourth-order valence-electron chi connectivity index (χ4n) is 4.86. The van der Waals surface area contributed by atoms with E-state index in [4.69, 9.17) is 0 Å². The number of fused-ring (bicyclic) bond motifs is 6. The summed E-state index contributed by atoms with van der Waals surface area (Å²) < 4.78 is 0. The molecule has 0 unspecified atom stereocenters. The Labute approximate surface area is 224 Å². The molecule has 37 heavy (non-hydrogen) atoms. The van der Waals surface area contributed by atoms with E-state index >= 15 is 0 Å². The summed E-state index contributed by atoms with van der Waals surface area (Å²) in [6.45, 7) is 0.852. The van der Waals surface area contributed by atoms with Gasteiger partial charge in [-0.15, -0.1) is 0 Å². The molecule has 3 heterocycles. The van der Waals surface area contributed by atoms with E-state index in [9.17, 15) is 0 Å². The second kappa shape index (κ2) is 9.51. The monoisotopic (exact) mass is 513 g/mol. The zero-order chi connectivity index (χ0) is 24.6. The van der Waals surface area contributed by atoms with Gasteiger partial charge >= 0.3 is 0 Å². The number of rotatable bonds is 2. The molecule has 0 bridgehead atoms. The molecule has 4 aromatic carbocycles. The van der Waals surface area contributed by atoms with Gasteiger partial charge in [0.15, 0.2) is 0 Å². The van der Waals surface area contributed by atoms with Crippen molar-refractivity contribution in [1.29, 1.82) is 0 Å². The highest BCUT2D eigenvalue weighted by Crippen LogP contribution is 2.49. The van der Waals surface area contributed by atoms with E-state index in [1.807, 2.05) is 35.8 Å². The summed E-state index contributed by atoms with van der Waals surface area (Å²) in [5.74, 6) is 0. The van der Waals surface area contributed by atoms with Gasteiger partial charge in [-0.05, 0) is 64.2 Å². The van der Waals surface area contributed by atoms with Crippen molar-refractivity contribution in [2.75, 3.05) is 6.54 Å². The normalized spacial score (nSPS) is 13.9. The van der Waals surface area contributed by atoms with Crippen molar-refractivity contribution in [1.82, 2.24) is 15.5 Å². The second-order valence-corrected chi connectivity index (χ2v) is 11.1. The zero-order valence-corrected chi connectivity index (χ0v) is 21.6. The number of aromatic nitrogens is 2. The average molecular weight is 514 g/mol. The van der Waals surface area contributed by atoms with Gasteiger partial charge < -0.3 is 5.32 Å². The largest absolute Gasteiger partial charge is 0.381 e. The molecular weight excluding hydrogens is 491 g/mol. The Balaban J connectivity index is 1.48. The Morgan fingerprint density at radius 1 is 0.622 bits per heavy atom. The lowest BCUT2D eigenvalue weighted by molar-refractivity contribution is 0.994. The maximum atomic E-state index is 4.44. The molecule has 0 fully saturated rings. The molecule has 2 aliphatic heterocycles. The smallest absolute Gasteiger partial charge is 0.0921 e. The van der Waals surface area contributed by atoms with E-state index < -0.39 is 0 Å². The van der Waals surface area contributed by atoms with Crippen molar-refractivity contribution in [3.63, 3.8) is 0 Å². The lowest BCUT2D eigenvalue weighted by Crippen LogP contribution is -2.14. The number of nitrogens with one attached hydrogen (secondary N) is 2. The van der Waals surface area contributed by atoms with Crippen LogP contribution in [0.4, 0.5) is 0 Å². The summed E-state index contributed by atoms with van der Waals surface area (Å²) in [6, 6.07) is 33.1. The first-order chi connectivity index (χ1) is 18.3. The van der Waals surface area contributed by atoms with Crippen LogP contribution in [0.1, 0.15) is 5.56 Å². The highest BCUT2D eigenvalue weighted by molar-refractivity contribution is 8.00. The highest BCUT2D eigenvalue weighted by atomic mass is 32.2. The number of H-pyrrole nitrogens is 1. The van der Waals surface area contributed by atoms with Crippen LogP contribution >= 0.6 is 23.5 Å². The van der Waals surface area contributed by atoms with Crippen molar-refractivity contribution < 1.29 is 0 Å². The molecule has 178 valence electrons. The van der Waals surface area contributed by atoms with Crippen LogP contribution in [0.5, 0.6) is 0 Å². The molecule has 2 N–H and O–H groups in total. The standard InChI is InChI=1S/C32H23N3S2/c1-3-10-29-23(7-1)24-8-2-4-11-30(24)37-32-20-22(28-16-18-34-35-28)13-15-26(32)25-14-12-21(19-31(25)36-29)27-9-5-6-17-33-27/h1-16,18-20,33H,17H2,(H,34,35). The van der Waals surface area contributed by atoms with Crippen LogP contribution in [0.3, 0.4) is 0 Å². The number of hydrogen-bond donors (Lipinski definition) is 2. The zero-order valence-electron chi connectivity index (χ0n) is 19.9. The van der Waals surface area contributed by atoms with Crippen LogP contribution in [0.2, 0.25) is 0 Å². The summed E-state index contributed by atoms with van der Waals surface area (Å²) in [5, 5.41) is 10.9. The van der Waals surface area contributed by atoms with Gasteiger partial charge in [0.25, 0.3) is 0 Å². The van der Waals surface area contributed by atoms with E-state index in [0.717, 1.165) is 23.5 Å². The summed E-state index contributed by atoms with van der Waals surface area (Å²) in [4.78, 5) is 4.98. The SMILES string of the molecule is C1=CCNC(c2ccc3c(c2)Sc2ccccc2-c2ccccc2Sc2cc(-c4cc[nH]n4)ccc2-3)=C1. The summed E-state index contributed by atoms with van der Waals surface area (Å²) in [7, 11) is 0. The van der Waals surface area contributed by atoms with E-state index in [2.05, 4.69) is 119 Å². The number of nitrogens with zero attached hydrogens (tertiary/aromatic N) is 1. The molecule has 0 radical (unpaired) electrons. The van der Waals surface area contributed by atoms with Gasteiger partial charge in [-0.25, -0.2) is 0 Å². The van der Waals surface area contributed by atoms with Crippen molar-refractivity contribution in [2.45, 2.75) is 19.6 Å². The van der Waals surface area contributed by atoms with Gasteiger partial charge in [0.1, 0.15) is 0 Å². The molecule has 3 nitrogen and oxygen atoms in total. The summed E-state index contributed by atoms with van der Waals surface area (Å²) >= 11 is 3.68. The predicted octanol–water partition coefficient (Wildman–Crippen LogP) is 8.53. The lowest BCUT2D eigenvalue weighted by Gasteiger charge is -2.21. The molecule has 0 amide bonds. The Morgan fingerprint density at radius 3 is 1.86 bits per heavy atom. The molecule has 0 aliphatic carbocycles. The summed E-state index contributed by atoms with van der Waals surface area (Å²) in [6.07, 6.45) is 8.29. The fraction of sp³-hybridized carbons (Fsp3) is 0.0312. The maximum Gasteiger partial charge on any atom is 0.0921 e. The Kier molecular flexibility index (Phi) is 5.72. The Bertz CT molecular complexity index is 1680. The number of hydrogen-bond acceptors (Lipinski definition) is 4. The molecule has 5 aromatic rings. The van der Waals surface area contributed by atoms with Crippen molar-refractivity contribution in [2.24, 2.45) is 0 Å². The minimum Gasteiger partial charge on any atom is -0.381 e. The third-order valence-electron chi connectivity index (χ3n) is 6.67. The molecule has 5 heteroatoms. The first-order valence-electron chi connectivity index (χ1n) is 12.3. The van der Waals surface area contributed by atoms with Crippen molar-refractivity contribution >= 4 is 29.2 Å². The number of allylic oxidation sites excluding steroid dienone is 2. The first-order valence-corrected chi connectivity index (χ1v) is 13.9. The van der Waals surface area contributed by atoms with Crippen LogP contribution in [0, 0.1) is 0 Å². The van der Waals surface area contributed by atoms with Crippen molar-refractivity contribution in [3.05, 3.63) is 121 Å². The first kappa shape index (κ1) is 22.3. The van der Waals surface area contributed by atoms with E-state index in [1.54, 1.807) is 0 Å². The van der Waals surface area contributed by atoms with Crippen LogP contribution in [0.25, 0.3) is 39.2 Å². The van der Waals surface area contributed by atoms with E-state index in [1.165, 1.54) is 47.4 Å². The van der Waals surface area contributed by atoms with Crippen LogP contribution in [-0.4, -0.2) is 16.7 Å². The van der Waals surface area contributed by atoms with Crippen LogP contribution in [0.15, 0.2) is 135 Å². The maximum absolute atomic E-state index is 4.44. The predicted molar refractivity (Wildman–Crippen MR) is 155 cm³/mol. The van der Waals surface area contributed by atoms with Gasteiger partial charge in [-0.3, -0.25) is 5.10 Å². The lowest BCUT2D eigenvalue weighted by atomic mass is 10.00. The molecule has 2 aliphatic rings.